The summed E-state index contributed by atoms with van der Waals surface area (Å²) in [5, 5.41) is 0. The van der Waals surface area contributed by atoms with E-state index in [1.165, 1.54) is 4.31 Å². The number of benzene rings is 1. The highest BCUT2D eigenvalue weighted by Crippen LogP contribution is 2.30. The molecule has 0 radical (unpaired) electrons. The lowest BCUT2D eigenvalue weighted by Gasteiger charge is -2.46. The molecule has 3 rings (SSSR count). The zero-order valence-corrected chi connectivity index (χ0v) is 14.1. The second kappa shape index (κ2) is 5.92. The summed E-state index contributed by atoms with van der Waals surface area (Å²) in [6, 6.07) is 7.31. The standard InChI is InChI=1S/C16H24N2O3S/c1-16(2)12-17(13-16)11-14-3-5-15(6-4-14)22(19,20)18-7-9-21-10-8-18/h3-6H,7-13H2,1-2H3. The van der Waals surface area contributed by atoms with Gasteiger partial charge in [-0.2, -0.15) is 4.31 Å². The van der Waals surface area contributed by atoms with Crippen LogP contribution in [0.4, 0.5) is 0 Å². The van der Waals surface area contributed by atoms with E-state index in [0.29, 0.717) is 36.6 Å². The summed E-state index contributed by atoms with van der Waals surface area (Å²) >= 11 is 0. The molecule has 2 heterocycles. The fourth-order valence-corrected chi connectivity index (χ4v) is 4.65. The summed E-state index contributed by atoms with van der Waals surface area (Å²) < 4.78 is 31.8. The van der Waals surface area contributed by atoms with Crippen molar-refractivity contribution in [2.24, 2.45) is 5.41 Å². The largest absolute Gasteiger partial charge is 0.379 e. The van der Waals surface area contributed by atoms with Crippen LogP contribution >= 0.6 is 0 Å². The summed E-state index contributed by atoms with van der Waals surface area (Å²) in [5.74, 6) is 0. The van der Waals surface area contributed by atoms with Gasteiger partial charge >= 0.3 is 0 Å². The van der Waals surface area contributed by atoms with Crippen molar-refractivity contribution < 1.29 is 13.2 Å². The molecular weight excluding hydrogens is 300 g/mol. The molecule has 0 spiro atoms. The van der Waals surface area contributed by atoms with Gasteiger partial charge in [0.15, 0.2) is 0 Å². The van der Waals surface area contributed by atoms with Crippen molar-refractivity contribution in [3.8, 4) is 0 Å². The summed E-state index contributed by atoms with van der Waals surface area (Å²) in [7, 11) is -3.38. The first-order chi connectivity index (χ1) is 10.4. The number of hydrogen-bond acceptors (Lipinski definition) is 4. The van der Waals surface area contributed by atoms with Gasteiger partial charge < -0.3 is 4.74 Å². The van der Waals surface area contributed by atoms with Crippen molar-refractivity contribution in [1.82, 2.24) is 9.21 Å². The number of nitrogens with zero attached hydrogens (tertiary/aromatic N) is 2. The molecule has 6 heteroatoms. The molecule has 0 aliphatic carbocycles. The summed E-state index contributed by atoms with van der Waals surface area (Å²) in [5.41, 5.74) is 1.58. The molecule has 0 saturated carbocycles. The molecule has 122 valence electrons. The van der Waals surface area contributed by atoms with Crippen LogP contribution in [0.1, 0.15) is 19.4 Å². The third-order valence-electron chi connectivity index (χ3n) is 4.24. The van der Waals surface area contributed by atoms with Gasteiger partial charge in [-0.1, -0.05) is 26.0 Å². The normalized spacial score (nSPS) is 23.2. The van der Waals surface area contributed by atoms with E-state index in [2.05, 4.69) is 18.7 Å². The SMILES string of the molecule is CC1(C)CN(Cc2ccc(S(=O)(=O)N3CCOCC3)cc2)C1. The number of likely N-dealkylation sites (tertiary alicyclic amines) is 1. The van der Waals surface area contributed by atoms with Crippen molar-refractivity contribution in [2.45, 2.75) is 25.3 Å². The molecular formula is C16H24N2O3S. The number of ether oxygens (including phenoxy) is 1. The maximum Gasteiger partial charge on any atom is 0.243 e. The zero-order valence-electron chi connectivity index (χ0n) is 13.3. The number of rotatable bonds is 4. The minimum absolute atomic E-state index is 0.377. The third-order valence-corrected chi connectivity index (χ3v) is 6.15. The first-order valence-electron chi connectivity index (χ1n) is 7.76. The molecule has 0 atom stereocenters. The van der Waals surface area contributed by atoms with E-state index in [-0.39, 0.29) is 0 Å². The predicted octanol–water partition coefficient (Wildman–Crippen LogP) is 1.55. The molecule has 2 saturated heterocycles. The summed E-state index contributed by atoms with van der Waals surface area (Å²) in [6.07, 6.45) is 0. The smallest absolute Gasteiger partial charge is 0.243 e. The molecule has 2 aliphatic rings. The van der Waals surface area contributed by atoms with Crippen molar-refractivity contribution in [1.29, 1.82) is 0 Å². The summed E-state index contributed by atoms with van der Waals surface area (Å²) in [4.78, 5) is 2.76. The lowest BCUT2D eigenvalue weighted by atomic mass is 9.84. The average molecular weight is 324 g/mol. The van der Waals surface area contributed by atoms with Crippen LogP contribution in [0.15, 0.2) is 29.2 Å². The monoisotopic (exact) mass is 324 g/mol. The Morgan fingerprint density at radius 3 is 2.23 bits per heavy atom. The van der Waals surface area contributed by atoms with E-state index in [4.69, 9.17) is 4.74 Å². The Morgan fingerprint density at radius 2 is 1.68 bits per heavy atom. The number of morpholine rings is 1. The Morgan fingerprint density at radius 1 is 1.09 bits per heavy atom. The summed E-state index contributed by atoms with van der Waals surface area (Å²) in [6.45, 7) is 9.44. The quantitative estimate of drug-likeness (QED) is 0.843. The minimum atomic E-state index is -3.38. The molecule has 2 aliphatic heterocycles. The Balaban J connectivity index is 1.66. The van der Waals surface area contributed by atoms with Crippen molar-refractivity contribution in [3.05, 3.63) is 29.8 Å². The number of hydrogen-bond donors (Lipinski definition) is 0. The lowest BCUT2D eigenvalue weighted by Crippen LogP contribution is -2.52. The van der Waals surface area contributed by atoms with Crippen molar-refractivity contribution >= 4 is 10.0 Å². The third kappa shape index (κ3) is 3.35. The van der Waals surface area contributed by atoms with Crippen molar-refractivity contribution in [3.63, 3.8) is 0 Å². The molecule has 0 N–H and O–H groups in total. The van der Waals surface area contributed by atoms with Crippen LogP contribution in [0, 0.1) is 5.41 Å². The van der Waals surface area contributed by atoms with Gasteiger partial charge in [-0.25, -0.2) is 8.42 Å². The Labute approximate surface area is 132 Å². The van der Waals surface area contributed by atoms with E-state index in [1.54, 1.807) is 12.1 Å². The molecule has 0 bridgehead atoms. The maximum absolute atomic E-state index is 12.5. The van der Waals surface area contributed by atoms with Crippen LogP contribution in [0.5, 0.6) is 0 Å². The van der Waals surface area contributed by atoms with E-state index in [1.807, 2.05) is 12.1 Å². The fourth-order valence-electron chi connectivity index (χ4n) is 3.24. The molecule has 0 amide bonds. The highest BCUT2D eigenvalue weighted by Gasteiger charge is 2.33. The first kappa shape index (κ1) is 15.9. The molecule has 1 aromatic rings. The van der Waals surface area contributed by atoms with Crippen LogP contribution in [-0.4, -0.2) is 57.0 Å². The Bertz CT molecular complexity index is 611. The zero-order chi connectivity index (χ0) is 15.8. The number of sulfonamides is 1. The highest BCUT2D eigenvalue weighted by molar-refractivity contribution is 7.89. The molecule has 22 heavy (non-hydrogen) atoms. The highest BCUT2D eigenvalue weighted by atomic mass is 32.2. The van der Waals surface area contributed by atoms with Gasteiger partial charge in [0.25, 0.3) is 0 Å². The molecule has 1 aromatic carbocycles. The van der Waals surface area contributed by atoms with Crippen molar-refractivity contribution in [2.75, 3.05) is 39.4 Å². The second-order valence-corrected chi connectivity index (χ2v) is 8.91. The van der Waals surface area contributed by atoms with Crippen LogP contribution in [0.3, 0.4) is 0 Å². The van der Waals surface area contributed by atoms with Gasteiger partial charge in [0.1, 0.15) is 0 Å². The van der Waals surface area contributed by atoms with Crippen LogP contribution in [0.2, 0.25) is 0 Å². The molecule has 5 nitrogen and oxygen atoms in total. The van der Waals surface area contributed by atoms with E-state index in [9.17, 15) is 8.42 Å². The maximum atomic E-state index is 12.5. The predicted molar refractivity (Wildman–Crippen MR) is 85.1 cm³/mol. The Kier molecular flexibility index (Phi) is 4.29. The minimum Gasteiger partial charge on any atom is -0.379 e. The molecule has 0 aromatic heterocycles. The van der Waals surface area contributed by atoms with Gasteiger partial charge in [0, 0.05) is 32.7 Å². The van der Waals surface area contributed by atoms with Gasteiger partial charge in [-0.3, -0.25) is 4.90 Å². The first-order valence-corrected chi connectivity index (χ1v) is 9.20. The van der Waals surface area contributed by atoms with E-state index in [0.717, 1.165) is 25.2 Å². The van der Waals surface area contributed by atoms with Crippen LogP contribution < -0.4 is 0 Å². The van der Waals surface area contributed by atoms with Gasteiger partial charge in [-0.15, -0.1) is 0 Å². The van der Waals surface area contributed by atoms with Crippen LogP contribution in [-0.2, 0) is 21.3 Å². The Hall–Kier alpha value is -0.950. The molecule has 2 fully saturated rings. The van der Waals surface area contributed by atoms with E-state index >= 15 is 0 Å². The van der Waals surface area contributed by atoms with Crippen LogP contribution in [0.25, 0.3) is 0 Å². The molecule has 0 unspecified atom stereocenters. The topological polar surface area (TPSA) is 49.9 Å². The fraction of sp³-hybridized carbons (Fsp3) is 0.625. The van der Waals surface area contributed by atoms with E-state index < -0.39 is 10.0 Å². The van der Waals surface area contributed by atoms with Gasteiger partial charge in [-0.05, 0) is 23.1 Å². The van der Waals surface area contributed by atoms with Gasteiger partial charge in [0.2, 0.25) is 10.0 Å². The van der Waals surface area contributed by atoms with Gasteiger partial charge in [0.05, 0.1) is 18.1 Å². The second-order valence-electron chi connectivity index (χ2n) is 6.97. The lowest BCUT2D eigenvalue weighted by molar-refractivity contribution is 0.0242. The average Bonchev–Trinajstić information content (AvgIpc) is 2.47.